The van der Waals surface area contributed by atoms with E-state index in [-0.39, 0.29) is 17.9 Å². The van der Waals surface area contributed by atoms with Gasteiger partial charge in [0.1, 0.15) is 18.5 Å². The van der Waals surface area contributed by atoms with Crippen LogP contribution in [-0.4, -0.2) is 17.6 Å². The lowest BCUT2D eigenvalue weighted by molar-refractivity contribution is 0.0967. The molecule has 4 nitrogen and oxygen atoms in total. The Morgan fingerprint density at radius 3 is 2.62 bits per heavy atom. The molecular weight excluding hydrogens is 313 g/mol. The first-order chi connectivity index (χ1) is 9.99. The summed E-state index contributed by atoms with van der Waals surface area (Å²) in [6.07, 6.45) is -0.921. The molecule has 3 N–H and O–H groups in total. The maximum Gasteiger partial charge on any atom is 0.252 e. The molecule has 2 aromatic carbocycles. The number of halogens is 2. The maximum atomic E-state index is 11.3. The van der Waals surface area contributed by atoms with Crippen LogP contribution in [0.25, 0.3) is 0 Å². The molecular formula is C15H13Cl2NO3. The van der Waals surface area contributed by atoms with Crippen molar-refractivity contribution in [1.82, 2.24) is 0 Å². The average molecular weight is 326 g/mol. The Morgan fingerprint density at radius 2 is 1.95 bits per heavy atom. The number of primary amides is 1. The van der Waals surface area contributed by atoms with Crippen LogP contribution in [-0.2, 0) is 0 Å². The summed E-state index contributed by atoms with van der Waals surface area (Å²) in [5.74, 6) is -0.391. The predicted octanol–water partition coefficient (Wildman–Crippen LogP) is 3.20. The molecule has 0 spiro atoms. The van der Waals surface area contributed by atoms with E-state index in [9.17, 15) is 9.90 Å². The van der Waals surface area contributed by atoms with Crippen molar-refractivity contribution >= 4 is 29.1 Å². The lowest BCUT2D eigenvalue weighted by Crippen LogP contribution is -2.15. The van der Waals surface area contributed by atoms with Crippen molar-refractivity contribution in [3.8, 4) is 5.75 Å². The van der Waals surface area contributed by atoms with Crippen LogP contribution in [0.3, 0.4) is 0 Å². The number of nitrogens with two attached hydrogens (primary N) is 1. The zero-order valence-corrected chi connectivity index (χ0v) is 12.4. The van der Waals surface area contributed by atoms with E-state index in [1.54, 1.807) is 30.3 Å². The van der Waals surface area contributed by atoms with Crippen molar-refractivity contribution in [3.05, 3.63) is 63.6 Å². The molecule has 0 aliphatic rings. The molecule has 0 aliphatic heterocycles. The van der Waals surface area contributed by atoms with Crippen LogP contribution >= 0.6 is 23.2 Å². The normalized spacial score (nSPS) is 12.0. The van der Waals surface area contributed by atoms with E-state index in [2.05, 4.69) is 0 Å². The molecule has 1 atom stereocenters. The van der Waals surface area contributed by atoms with Crippen LogP contribution in [0.4, 0.5) is 0 Å². The molecule has 0 saturated heterocycles. The SMILES string of the molecule is NC(=O)c1cc(Cl)ccc1OCC(O)c1ccccc1Cl. The molecule has 0 fully saturated rings. The van der Waals surface area contributed by atoms with E-state index in [4.69, 9.17) is 33.7 Å². The van der Waals surface area contributed by atoms with Gasteiger partial charge in [0.2, 0.25) is 0 Å². The lowest BCUT2D eigenvalue weighted by atomic mass is 10.1. The van der Waals surface area contributed by atoms with Gasteiger partial charge in [0.05, 0.1) is 5.56 Å². The van der Waals surface area contributed by atoms with Crippen molar-refractivity contribution in [1.29, 1.82) is 0 Å². The van der Waals surface area contributed by atoms with Crippen molar-refractivity contribution in [3.63, 3.8) is 0 Å². The van der Waals surface area contributed by atoms with Gasteiger partial charge in [0.15, 0.2) is 0 Å². The molecule has 110 valence electrons. The van der Waals surface area contributed by atoms with Crippen molar-refractivity contribution in [2.24, 2.45) is 5.73 Å². The van der Waals surface area contributed by atoms with Crippen LogP contribution in [0.1, 0.15) is 22.0 Å². The van der Waals surface area contributed by atoms with Gasteiger partial charge in [-0.05, 0) is 24.3 Å². The highest BCUT2D eigenvalue weighted by atomic mass is 35.5. The third-order valence-electron chi connectivity index (χ3n) is 2.87. The number of ether oxygens (including phenoxy) is 1. The Balaban J connectivity index is 2.13. The van der Waals surface area contributed by atoms with Gasteiger partial charge in [-0.1, -0.05) is 41.4 Å². The standard InChI is InChI=1S/C15H13Cl2NO3/c16-9-5-6-14(11(7-9)15(18)20)21-8-13(19)10-3-1-2-4-12(10)17/h1-7,13,19H,8H2,(H2,18,20). The number of aliphatic hydroxyl groups is 1. The van der Waals surface area contributed by atoms with E-state index in [0.717, 1.165) is 0 Å². The van der Waals surface area contributed by atoms with Gasteiger partial charge in [-0.3, -0.25) is 4.79 Å². The van der Waals surface area contributed by atoms with Gasteiger partial charge in [-0.2, -0.15) is 0 Å². The van der Waals surface area contributed by atoms with E-state index in [1.807, 2.05) is 0 Å². The molecule has 0 saturated carbocycles. The van der Waals surface area contributed by atoms with Crippen LogP contribution < -0.4 is 10.5 Å². The predicted molar refractivity (Wildman–Crippen MR) is 81.9 cm³/mol. The maximum absolute atomic E-state index is 11.3. The summed E-state index contributed by atoms with van der Waals surface area (Å²) in [6.45, 7) is -0.0638. The first-order valence-electron chi connectivity index (χ1n) is 6.13. The number of rotatable bonds is 5. The zero-order chi connectivity index (χ0) is 15.4. The Labute approximate surface area is 132 Å². The molecule has 0 bridgehead atoms. The molecule has 1 amide bonds. The highest BCUT2D eigenvalue weighted by Gasteiger charge is 2.15. The number of carbonyl (C=O) groups is 1. The number of carbonyl (C=O) groups excluding carboxylic acids is 1. The summed E-state index contributed by atoms with van der Waals surface area (Å²) >= 11 is 11.8. The third-order valence-corrected chi connectivity index (χ3v) is 3.45. The van der Waals surface area contributed by atoms with Gasteiger partial charge >= 0.3 is 0 Å². The van der Waals surface area contributed by atoms with Crippen molar-refractivity contribution in [2.75, 3.05) is 6.61 Å². The summed E-state index contributed by atoms with van der Waals surface area (Å²) in [4.78, 5) is 11.3. The smallest absolute Gasteiger partial charge is 0.252 e. The second-order valence-corrected chi connectivity index (χ2v) is 5.20. The minimum absolute atomic E-state index is 0.0638. The van der Waals surface area contributed by atoms with E-state index < -0.39 is 12.0 Å². The molecule has 0 heterocycles. The highest BCUT2D eigenvalue weighted by Crippen LogP contribution is 2.26. The number of amides is 1. The monoisotopic (exact) mass is 325 g/mol. The number of hydrogen-bond donors (Lipinski definition) is 2. The Bertz CT molecular complexity index is 661. The summed E-state index contributed by atoms with van der Waals surface area (Å²) in [5.41, 5.74) is 5.97. The van der Waals surface area contributed by atoms with E-state index in [1.165, 1.54) is 12.1 Å². The van der Waals surface area contributed by atoms with Gasteiger partial charge in [-0.25, -0.2) is 0 Å². The fraction of sp³-hybridized carbons (Fsp3) is 0.133. The average Bonchev–Trinajstić information content (AvgIpc) is 2.46. The second-order valence-electron chi connectivity index (χ2n) is 4.35. The summed E-state index contributed by atoms with van der Waals surface area (Å²) in [6, 6.07) is 11.4. The molecule has 1 unspecified atom stereocenters. The molecule has 0 radical (unpaired) electrons. The van der Waals surface area contributed by atoms with Crippen LogP contribution in [0.15, 0.2) is 42.5 Å². The number of hydrogen-bond acceptors (Lipinski definition) is 3. The van der Waals surface area contributed by atoms with Gasteiger partial charge in [0, 0.05) is 15.6 Å². The minimum atomic E-state index is -0.921. The lowest BCUT2D eigenvalue weighted by Gasteiger charge is -2.15. The molecule has 0 aliphatic carbocycles. The van der Waals surface area contributed by atoms with Crippen molar-refractivity contribution < 1.29 is 14.6 Å². The Morgan fingerprint density at radius 1 is 1.24 bits per heavy atom. The van der Waals surface area contributed by atoms with Crippen LogP contribution in [0, 0.1) is 0 Å². The number of benzene rings is 2. The van der Waals surface area contributed by atoms with Gasteiger partial charge in [-0.15, -0.1) is 0 Å². The molecule has 0 aromatic heterocycles. The van der Waals surface area contributed by atoms with E-state index in [0.29, 0.717) is 15.6 Å². The topological polar surface area (TPSA) is 72.6 Å². The molecule has 2 aromatic rings. The largest absolute Gasteiger partial charge is 0.490 e. The fourth-order valence-electron chi connectivity index (χ4n) is 1.82. The molecule has 2 rings (SSSR count). The first kappa shape index (κ1) is 15.6. The van der Waals surface area contributed by atoms with Crippen LogP contribution in [0.2, 0.25) is 10.0 Å². The molecule has 6 heteroatoms. The fourth-order valence-corrected chi connectivity index (χ4v) is 2.26. The van der Waals surface area contributed by atoms with Gasteiger partial charge in [0.25, 0.3) is 5.91 Å². The quantitative estimate of drug-likeness (QED) is 0.886. The first-order valence-corrected chi connectivity index (χ1v) is 6.89. The second kappa shape index (κ2) is 6.80. The Kier molecular flexibility index (Phi) is 5.07. The zero-order valence-electron chi connectivity index (χ0n) is 10.9. The van der Waals surface area contributed by atoms with Crippen LogP contribution in [0.5, 0.6) is 5.75 Å². The molecule has 21 heavy (non-hydrogen) atoms. The van der Waals surface area contributed by atoms with Crippen molar-refractivity contribution in [2.45, 2.75) is 6.10 Å². The summed E-state index contributed by atoms with van der Waals surface area (Å²) in [5, 5.41) is 10.9. The number of aliphatic hydroxyl groups excluding tert-OH is 1. The van der Waals surface area contributed by atoms with Gasteiger partial charge < -0.3 is 15.6 Å². The highest BCUT2D eigenvalue weighted by molar-refractivity contribution is 6.31. The third kappa shape index (κ3) is 3.88. The summed E-state index contributed by atoms with van der Waals surface area (Å²) in [7, 11) is 0. The minimum Gasteiger partial charge on any atom is -0.490 e. The Hall–Kier alpha value is -1.75. The van der Waals surface area contributed by atoms with E-state index >= 15 is 0 Å². The summed E-state index contributed by atoms with van der Waals surface area (Å²) < 4.78 is 5.46.